The van der Waals surface area contributed by atoms with E-state index in [2.05, 4.69) is 39.0 Å². The third-order valence-electron chi connectivity index (χ3n) is 7.77. The number of hydrogen-bond acceptors (Lipinski definition) is 8. The van der Waals surface area contributed by atoms with Gasteiger partial charge < -0.3 is 5.11 Å². The minimum atomic E-state index is -3.72. The molecule has 3 aromatic rings. The summed E-state index contributed by atoms with van der Waals surface area (Å²) in [7, 11) is -3.72. The molecule has 1 aromatic heterocycles. The number of nitrogens with zero attached hydrogens (tertiary/aromatic N) is 5. The SMILES string of the molecule is CCCCC(CC)CNS(=O)(=O)c1cc(N=Nc2c(C)cc(N=Nc3c(C)cc(=O)n(CC)c3O)cc2C)cc(C)c1C. The minimum absolute atomic E-state index is 0.212. The van der Waals surface area contributed by atoms with E-state index in [9.17, 15) is 18.3 Å². The van der Waals surface area contributed by atoms with Crippen molar-refractivity contribution < 1.29 is 13.5 Å². The summed E-state index contributed by atoms with van der Waals surface area (Å²) < 4.78 is 30.6. The highest BCUT2D eigenvalue weighted by atomic mass is 32.2. The molecule has 10 nitrogen and oxygen atoms in total. The van der Waals surface area contributed by atoms with Gasteiger partial charge in [0.25, 0.3) is 5.56 Å². The third-order valence-corrected chi connectivity index (χ3v) is 9.32. The van der Waals surface area contributed by atoms with Gasteiger partial charge in [-0.3, -0.25) is 9.36 Å². The van der Waals surface area contributed by atoms with Crippen LogP contribution in [0.5, 0.6) is 5.88 Å². The fraction of sp³-hybridized carbons (Fsp3) is 0.469. The van der Waals surface area contributed by atoms with Crippen LogP contribution >= 0.6 is 0 Å². The van der Waals surface area contributed by atoms with Crippen LogP contribution < -0.4 is 10.3 Å². The number of aromatic nitrogens is 1. The number of aryl methyl sites for hydroxylation is 4. The molecule has 0 fully saturated rings. The Kier molecular flexibility index (Phi) is 11.5. The fourth-order valence-electron chi connectivity index (χ4n) is 4.93. The van der Waals surface area contributed by atoms with Gasteiger partial charge in [0, 0.05) is 19.2 Å². The number of unbranched alkanes of at least 4 members (excludes halogenated alkanes) is 1. The molecule has 2 aromatic carbocycles. The Morgan fingerprint density at radius 1 is 0.814 bits per heavy atom. The topological polar surface area (TPSA) is 138 Å². The van der Waals surface area contributed by atoms with Gasteiger partial charge in [0.1, 0.15) is 5.69 Å². The molecule has 0 saturated heterocycles. The number of sulfonamides is 1. The highest BCUT2D eigenvalue weighted by Gasteiger charge is 2.21. The monoisotopic (exact) mass is 608 g/mol. The number of aromatic hydroxyl groups is 1. The smallest absolute Gasteiger partial charge is 0.253 e. The van der Waals surface area contributed by atoms with Gasteiger partial charge in [-0.2, -0.15) is 15.3 Å². The summed E-state index contributed by atoms with van der Waals surface area (Å²) in [5, 5.41) is 27.9. The Hall–Kier alpha value is -3.70. The fourth-order valence-corrected chi connectivity index (χ4v) is 6.38. The van der Waals surface area contributed by atoms with Crippen molar-refractivity contribution in [3.63, 3.8) is 0 Å². The highest BCUT2D eigenvalue weighted by Crippen LogP contribution is 2.34. The molecule has 43 heavy (non-hydrogen) atoms. The van der Waals surface area contributed by atoms with Crippen molar-refractivity contribution in [3.8, 4) is 5.88 Å². The zero-order valence-electron chi connectivity index (χ0n) is 26.5. The van der Waals surface area contributed by atoms with Crippen LogP contribution in [-0.2, 0) is 16.6 Å². The molecule has 0 spiro atoms. The van der Waals surface area contributed by atoms with E-state index in [1.165, 1.54) is 10.6 Å². The molecule has 2 N–H and O–H groups in total. The summed E-state index contributed by atoms with van der Waals surface area (Å²) in [5.41, 5.74) is 5.20. The van der Waals surface area contributed by atoms with Crippen LogP contribution in [-0.4, -0.2) is 24.6 Å². The van der Waals surface area contributed by atoms with E-state index in [0.717, 1.165) is 42.4 Å². The van der Waals surface area contributed by atoms with Crippen LogP contribution in [0, 0.1) is 40.5 Å². The van der Waals surface area contributed by atoms with Crippen LogP contribution in [0.15, 0.2) is 60.5 Å². The molecular formula is C32H44N6O4S. The predicted molar refractivity (Wildman–Crippen MR) is 171 cm³/mol. The van der Waals surface area contributed by atoms with Gasteiger partial charge in [-0.15, -0.1) is 5.11 Å². The van der Waals surface area contributed by atoms with Gasteiger partial charge in [-0.25, -0.2) is 13.1 Å². The van der Waals surface area contributed by atoms with Crippen LogP contribution in [0.3, 0.4) is 0 Å². The largest absolute Gasteiger partial charge is 0.493 e. The summed E-state index contributed by atoms with van der Waals surface area (Å²) in [6.45, 7) is 15.8. The average Bonchev–Trinajstić information content (AvgIpc) is 2.94. The first kappa shape index (κ1) is 33.8. The molecule has 0 aliphatic carbocycles. The van der Waals surface area contributed by atoms with Crippen molar-refractivity contribution in [2.75, 3.05) is 6.54 Å². The van der Waals surface area contributed by atoms with E-state index in [0.29, 0.717) is 47.2 Å². The number of rotatable bonds is 13. The Morgan fingerprint density at radius 3 is 1.95 bits per heavy atom. The lowest BCUT2D eigenvalue weighted by Crippen LogP contribution is -2.30. The molecule has 0 saturated carbocycles. The number of nitrogens with one attached hydrogen (secondary N) is 1. The molecular weight excluding hydrogens is 564 g/mol. The first-order valence-electron chi connectivity index (χ1n) is 14.8. The maximum Gasteiger partial charge on any atom is 0.253 e. The van der Waals surface area contributed by atoms with Crippen molar-refractivity contribution in [2.24, 2.45) is 26.4 Å². The third kappa shape index (κ3) is 8.23. The summed E-state index contributed by atoms with van der Waals surface area (Å²) in [5.74, 6) is 0.0787. The second-order valence-electron chi connectivity index (χ2n) is 11.1. The van der Waals surface area contributed by atoms with Crippen molar-refractivity contribution in [1.29, 1.82) is 0 Å². The number of azo groups is 2. The Bertz CT molecular complexity index is 1670. The van der Waals surface area contributed by atoms with Crippen LogP contribution in [0.25, 0.3) is 0 Å². The van der Waals surface area contributed by atoms with E-state index in [4.69, 9.17) is 0 Å². The first-order valence-corrected chi connectivity index (χ1v) is 16.3. The summed E-state index contributed by atoms with van der Waals surface area (Å²) in [6.07, 6.45) is 4.08. The molecule has 0 aliphatic rings. The van der Waals surface area contributed by atoms with E-state index in [1.54, 1.807) is 39.0 Å². The van der Waals surface area contributed by atoms with Crippen LogP contribution in [0.4, 0.5) is 22.7 Å². The summed E-state index contributed by atoms with van der Waals surface area (Å²) >= 11 is 0. The standard InChI is InChI=1S/C32H44N6O4S/c1-9-12-13-25(10-2)19-33-43(41,42)28-18-27(14-20(4)24(28)8)35-36-30-21(5)15-26(16-22(30)6)34-37-31-23(7)17-29(39)38(11-3)32(31)40/h14-18,25,33,40H,9-13,19H2,1-8H3. The van der Waals surface area contributed by atoms with E-state index in [-0.39, 0.29) is 22.0 Å². The van der Waals surface area contributed by atoms with Crippen LogP contribution in [0.1, 0.15) is 74.3 Å². The van der Waals surface area contributed by atoms with Gasteiger partial charge >= 0.3 is 0 Å². The zero-order chi connectivity index (χ0) is 31.9. The molecule has 11 heteroatoms. The molecule has 0 bridgehead atoms. The quantitative estimate of drug-likeness (QED) is 0.188. The lowest BCUT2D eigenvalue weighted by molar-refractivity contribution is 0.412. The first-order chi connectivity index (χ1) is 20.3. The molecule has 0 amide bonds. The summed E-state index contributed by atoms with van der Waals surface area (Å²) in [4.78, 5) is 12.3. The molecule has 1 heterocycles. The van der Waals surface area contributed by atoms with Crippen molar-refractivity contribution in [2.45, 2.75) is 92.5 Å². The maximum atomic E-state index is 13.3. The van der Waals surface area contributed by atoms with Gasteiger partial charge in [0.2, 0.25) is 15.9 Å². The van der Waals surface area contributed by atoms with Crippen molar-refractivity contribution >= 4 is 32.8 Å². The van der Waals surface area contributed by atoms with Crippen LogP contribution in [0.2, 0.25) is 0 Å². The molecule has 1 unspecified atom stereocenters. The maximum absolute atomic E-state index is 13.3. The Morgan fingerprint density at radius 2 is 1.37 bits per heavy atom. The minimum Gasteiger partial charge on any atom is -0.493 e. The van der Waals surface area contributed by atoms with Gasteiger partial charge in [0.05, 0.1) is 22.0 Å². The van der Waals surface area contributed by atoms with Crippen molar-refractivity contribution in [3.05, 3.63) is 68.5 Å². The predicted octanol–water partition coefficient (Wildman–Crippen LogP) is 8.44. The van der Waals surface area contributed by atoms with Gasteiger partial charge in [0.15, 0.2) is 0 Å². The summed E-state index contributed by atoms with van der Waals surface area (Å²) in [6, 6.07) is 8.42. The van der Waals surface area contributed by atoms with Crippen molar-refractivity contribution in [1.82, 2.24) is 9.29 Å². The lowest BCUT2D eigenvalue weighted by Gasteiger charge is -2.17. The lowest BCUT2D eigenvalue weighted by atomic mass is 10.00. The van der Waals surface area contributed by atoms with Gasteiger partial charge in [-0.05, 0) is 106 Å². The van der Waals surface area contributed by atoms with E-state index >= 15 is 0 Å². The number of pyridine rings is 1. The van der Waals surface area contributed by atoms with Gasteiger partial charge in [-0.1, -0.05) is 33.1 Å². The highest BCUT2D eigenvalue weighted by molar-refractivity contribution is 7.89. The number of hydrogen-bond donors (Lipinski definition) is 2. The zero-order valence-corrected chi connectivity index (χ0v) is 27.3. The second kappa shape index (κ2) is 14.7. The van der Waals surface area contributed by atoms with E-state index in [1.807, 2.05) is 26.8 Å². The Balaban J connectivity index is 1.88. The molecule has 0 aliphatic heterocycles. The average molecular weight is 609 g/mol. The normalized spacial score (nSPS) is 12.9. The molecule has 232 valence electrons. The Labute approximate surface area is 255 Å². The molecule has 3 rings (SSSR count). The molecule has 1 atom stereocenters. The molecule has 0 radical (unpaired) electrons. The second-order valence-corrected chi connectivity index (χ2v) is 12.8. The number of benzene rings is 2. The van der Waals surface area contributed by atoms with E-state index < -0.39 is 10.0 Å².